The molecular formula is C13H21NO2. The van der Waals surface area contributed by atoms with Gasteiger partial charge in [-0.1, -0.05) is 6.07 Å². The van der Waals surface area contributed by atoms with Crippen molar-refractivity contribution in [2.75, 3.05) is 20.7 Å². The summed E-state index contributed by atoms with van der Waals surface area (Å²) in [6.07, 6.45) is 1.09. The van der Waals surface area contributed by atoms with Gasteiger partial charge in [-0.2, -0.15) is 0 Å². The molecule has 3 heteroatoms. The van der Waals surface area contributed by atoms with Crippen molar-refractivity contribution < 1.29 is 9.47 Å². The first kappa shape index (κ1) is 12.8. The van der Waals surface area contributed by atoms with Gasteiger partial charge in [0.15, 0.2) is 0 Å². The molecule has 0 fully saturated rings. The SMILES string of the molecule is CNCCc1c(OC)cccc1OC(C)C. The molecule has 1 aromatic carbocycles. The van der Waals surface area contributed by atoms with Gasteiger partial charge in [-0.05, 0) is 46.0 Å². The molecule has 90 valence electrons. The normalized spacial score (nSPS) is 10.6. The third-order valence-corrected chi connectivity index (χ3v) is 2.30. The lowest BCUT2D eigenvalue weighted by atomic mass is 10.1. The molecule has 0 spiro atoms. The van der Waals surface area contributed by atoms with E-state index in [-0.39, 0.29) is 6.10 Å². The van der Waals surface area contributed by atoms with Crippen LogP contribution in [-0.2, 0) is 6.42 Å². The molecule has 0 radical (unpaired) electrons. The summed E-state index contributed by atoms with van der Waals surface area (Å²) in [5.41, 5.74) is 1.13. The van der Waals surface area contributed by atoms with E-state index >= 15 is 0 Å². The van der Waals surface area contributed by atoms with Crippen molar-refractivity contribution in [2.24, 2.45) is 0 Å². The van der Waals surface area contributed by atoms with Crippen LogP contribution in [0.1, 0.15) is 19.4 Å². The van der Waals surface area contributed by atoms with Gasteiger partial charge >= 0.3 is 0 Å². The van der Waals surface area contributed by atoms with E-state index in [9.17, 15) is 0 Å². The molecule has 0 heterocycles. The van der Waals surface area contributed by atoms with Crippen molar-refractivity contribution >= 4 is 0 Å². The zero-order valence-electron chi connectivity index (χ0n) is 10.5. The Hall–Kier alpha value is -1.22. The highest BCUT2D eigenvalue weighted by Crippen LogP contribution is 2.29. The lowest BCUT2D eigenvalue weighted by Gasteiger charge is -2.16. The van der Waals surface area contributed by atoms with Crippen molar-refractivity contribution in [2.45, 2.75) is 26.4 Å². The number of nitrogens with one attached hydrogen (secondary N) is 1. The summed E-state index contributed by atoms with van der Waals surface area (Å²) in [6, 6.07) is 5.92. The first-order valence-electron chi connectivity index (χ1n) is 5.66. The Balaban J connectivity index is 2.95. The third-order valence-electron chi connectivity index (χ3n) is 2.30. The van der Waals surface area contributed by atoms with Crippen molar-refractivity contribution in [1.82, 2.24) is 5.32 Å². The number of hydrogen-bond donors (Lipinski definition) is 1. The molecule has 0 saturated carbocycles. The molecule has 1 aromatic rings. The van der Waals surface area contributed by atoms with E-state index in [1.165, 1.54) is 0 Å². The van der Waals surface area contributed by atoms with Gasteiger partial charge in [-0.3, -0.25) is 0 Å². The number of benzene rings is 1. The molecule has 0 unspecified atom stereocenters. The lowest BCUT2D eigenvalue weighted by molar-refractivity contribution is 0.238. The average molecular weight is 223 g/mol. The Kier molecular flexibility index (Phi) is 5.12. The van der Waals surface area contributed by atoms with Gasteiger partial charge in [0.25, 0.3) is 0 Å². The minimum atomic E-state index is 0.181. The van der Waals surface area contributed by atoms with E-state index in [0.29, 0.717) is 0 Å². The first-order chi connectivity index (χ1) is 7.69. The number of likely N-dealkylation sites (N-methyl/N-ethyl adjacent to an activating group) is 1. The molecule has 0 atom stereocenters. The molecule has 16 heavy (non-hydrogen) atoms. The second kappa shape index (κ2) is 6.38. The van der Waals surface area contributed by atoms with Crippen LogP contribution in [0.5, 0.6) is 11.5 Å². The fourth-order valence-corrected chi connectivity index (χ4v) is 1.60. The summed E-state index contributed by atoms with van der Waals surface area (Å²) >= 11 is 0. The maximum atomic E-state index is 5.78. The summed E-state index contributed by atoms with van der Waals surface area (Å²) in [6.45, 7) is 4.97. The number of rotatable bonds is 6. The van der Waals surface area contributed by atoms with E-state index < -0.39 is 0 Å². The largest absolute Gasteiger partial charge is 0.496 e. The van der Waals surface area contributed by atoms with Crippen molar-refractivity contribution in [3.05, 3.63) is 23.8 Å². The second-order valence-electron chi connectivity index (χ2n) is 3.96. The van der Waals surface area contributed by atoms with Crippen LogP contribution in [0.2, 0.25) is 0 Å². The molecule has 3 nitrogen and oxygen atoms in total. The van der Waals surface area contributed by atoms with Crippen LogP contribution in [0.4, 0.5) is 0 Å². The van der Waals surface area contributed by atoms with Crippen LogP contribution in [-0.4, -0.2) is 26.8 Å². The third kappa shape index (κ3) is 3.42. The highest BCUT2D eigenvalue weighted by Gasteiger charge is 2.10. The monoisotopic (exact) mass is 223 g/mol. The molecule has 0 aliphatic rings. The van der Waals surface area contributed by atoms with Gasteiger partial charge in [-0.15, -0.1) is 0 Å². The van der Waals surface area contributed by atoms with Crippen molar-refractivity contribution in [1.29, 1.82) is 0 Å². The van der Waals surface area contributed by atoms with Gasteiger partial charge in [0.1, 0.15) is 11.5 Å². The Morgan fingerprint density at radius 2 is 1.94 bits per heavy atom. The van der Waals surface area contributed by atoms with Gasteiger partial charge < -0.3 is 14.8 Å². The fraction of sp³-hybridized carbons (Fsp3) is 0.538. The standard InChI is InChI=1S/C13H21NO2/c1-10(2)16-13-7-5-6-12(15-4)11(13)8-9-14-3/h5-7,10,14H,8-9H2,1-4H3. The van der Waals surface area contributed by atoms with Crippen LogP contribution >= 0.6 is 0 Å². The quantitative estimate of drug-likeness (QED) is 0.802. The zero-order valence-corrected chi connectivity index (χ0v) is 10.5. The summed E-state index contributed by atoms with van der Waals surface area (Å²) in [5, 5.41) is 3.14. The summed E-state index contributed by atoms with van der Waals surface area (Å²) in [7, 11) is 3.63. The Morgan fingerprint density at radius 1 is 1.25 bits per heavy atom. The highest BCUT2D eigenvalue weighted by atomic mass is 16.5. The Bertz CT molecular complexity index is 324. The molecule has 0 bridgehead atoms. The number of methoxy groups -OCH3 is 1. The molecule has 0 aromatic heterocycles. The predicted octanol–water partition coefficient (Wildman–Crippen LogP) is 2.24. The maximum absolute atomic E-state index is 5.78. The van der Waals surface area contributed by atoms with Crippen molar-refractivity contribution in [3.63, 3.8) is 0 Å². The van der Waals surface area contributed by atoms with E-state index in [4.69, 9.17) is 9.47 Å². The number of hydrogen-bond acceptors (Lipinski definition) is 3. The molecule has 0 amide bonds. The van der Waals surface area contributed by atoms with Crippen LogP contribution in [0.3, 0.4) is 0 Å². The molecule has 0 saturated heterocycles. The molecule has 1 rings (SSSR count). The summed E-state index contributed by atoms with van der Waals surface area (Å²) in [5.74, 6) is 1.82. The van der Waals surface area contributed by atoms with E-state index in [0.717, 1.165) is 30.0 Å². The van der Waals surface area contributed by atoms with E-state index in [1.54, 1.807) is 7.11 Å². The predicted molar refractivity (Wildman–Crippen MR) is 66.4 cm³/mol. The minimum Gasteiger partial charge on any atom is -0.496 e. The minimum absolute atomic E-state index is 0.181. The molecule has 1 N–H and O–H groups in total. The lowest BCUT2D eigenvalue weighted by Crippen LogP contribution is -2.13. The molecule has 0 aliphatic carbocycles. The van der Waals surface area contributed by atoms with E-state index in [2.05, 4.69) is 5.32 Å². The van der Waals surface area contributed by atoms with Crippen LogP contribution in [0, 0.1) is 0 Å². The van der Waals surface area contributed by atoms with Crippen LogP contribution in [0.25, 0.3) is 0 Å². The first-order valence-corrected chi connectivity index (χ1v) is 5.66. The maximum Gasteiger partial charge on any atom is 0.126 e. The average Bonchev–Trinajstić information content (AvgIpc) is 2.26. The van der Waals surface area contributed by atoms with Crippen LogP contribution in [0.15, 0.2) is 18.2 Å². The second-order valence-corrected chi connectivity index (χ2v) is 3.96. The van der Waals surface area contributed by atoms with Crippen LogP contribution < -0.4 is 14.8 Å². The zero-order chi connectivity index (χ0) is 12.0. The van der Waals surface area contributed by atoms with Gasteiger partial charge in [0.05, 0.1) is 13.2 Å². The van der Waals surface area contributed by atoms with Gasteiger partial charge in [0, 0.05) is 5.56 Å². The summed E-state index contributed by atoms with van der Waals surface area (Å²) in [4.78, 5) is 0. The highest BCUT2D eigenvalue weighted by molar-refractivity contribution is 5.45. The Labute approximate surface area is 97.8 Å². The van der Waals surface area contributed by atoms with Crippen molar-refractivity contribution in [3.8, 4) is 11.5 Å². The van der Waals surface area contributed by atoms with Gasteiger partial charge in [0.2, 0.25) is 0 Å². The van der Waals surface area contributed by atoms with Gasteiger partial charge in [-0.25, -0.2) is 0 Å². The molecule has 0 aliphatic heterocycles. The smallest absolute Gasteiger partial charge is 0.126 e. The molecular weight excluding hydrogens is 202 g/mol. The summed E-state index contributed by atoms with van der Waals surface area (Å²) < 4.78 is 11.1. The number of ether oxygens (including phenoxy) is 2. The topological polar surface area (TPSA) is 30.5 Å². The van der Waals surface area contributed by atoms with E-state index in [1.807, 2.05) is 39.1 Å². The fourth-order valence-electron chi connectivity index (χ4n) is 1.60. The Morgan fingerprint density at radius 3 is 2.50 bits per heavy atom.